The first-order valence-corrected chi connectivity index (χ1v) is 6.35. The predicted molar refractivity (Wildman–Crippen MR) is 79.4 cm³/mol. The molecule has 3 rings (SSSR count). The average molecular weight is 264 g/mol. The van der Waals surface area contributed by atoms with Crippen LogP contribution < -0.4 is 5.32 Å². The van der Waals surface area contributed by atoms with Gasteiger partial charge in [0.05, 0.1) is 11.9 Å². The van der Waals surface area contributed by atoms with Gasteiger partial charge >= 0.3 is 0 Å². The molecular formula is C17H13FN2. The normalized spacial score (nSPS) is 10.2. The average Bonchev–Trinajstić information content (AvgIpc) is 2.51. The number of rotatable bonds is 3. The summed E-state index contributed by atoms with van der Waals surface area (Å²) >= 11 is 0. The Morgan fingerprint density at radius 1 is 0.700 bits per heavy atom. The third kappa shape index (κ3) is 2.83. The van der Waals surface area contributed by atoms with Crippen LogP contribution in [0.15, 0.2) is 72.9 Å². The zero-order valence-corrected chi connectivity index (χ0v) is 10.8. The molecular weight excluding hydrogens is 251 g/mol. The third-order valence-electron chi connectivity index (χ3n) is 3.01. The van der Waals surface area contributed by atoms with Crippen molar-refractivity contribution in [1.29, 1.82) is 0 Å². The number of aromatic nitrogens is 1. The Morgan fingerprint density at radius 2 is 1.35 bits per heavy atom. The van der Waals surface area contributed by atoms with E-state index in [0.29, 0.717) is 0 Å². The first kappa shape index (κ1) is 12.4. The third-order valence-corrected chi connectivity index (χ3v) is 3.01. The Morgan fingerprint density at radius 3 is 2.00 bits per heavy atom. The van der Waals surface area contributed by atoms with Crippen molar-refractivity contribution >= 4 is 11.4 Å². The lowest BCUT2D eigenvalue weighted by atomic mass is 10.1. The number of benzene rings is 2. The van der Waals surface area contributed by atoms with Crippen LogP contribution in [-0.2, 0) is 0 Å². The fourth-order valence-electron chi connectivity index (χ4n) is 1.99. The van der Waals surface area contributed by atoms with Crippen molar-refractivity contribution in [3.8, 4) is 11.1 Å². The molecule has 0 saturated carbocycles. The summed E-state index contributed by atoms with van der Waals surface area (Å²) in [6.07, 6.45) is 1.47. The first-order chi connectivity index (χ1) is 9.81. The number of hydrogen-bond donors (Lipinski definition) is 1. The number of hydrogen-bond acceptors (Lipinski definition) is 2. The molecule has 0 radical (unpaired) electrons. The van der Waals surface area contributed by atoms with Crippen molar-refractivity contribution in [2.75, 3.05) is 5.32 Å². The maximum atomic E-state index is 12.7. The summed E-state index contributed by atoms with van der Waals surface area (Å²) in [6.45, 7) is 0. The van der Waals surface area contributed by atoms with Gasteiger partial charge in [-0.05, 0) is 35.4 Å². The number of nitrogens with zero attached hydrogens (tertiary/aromatic N) is 1. The highest BCUT2D eigenvalue weighted by atomic mass is 19.1. The molecule has 0 aliphatic heterocycles. The minimum absolute atomic E-state index is 0.477. The highest BCUT2D eigenvalue weighted by molar-refractivity contribution is 5.68. The highest BCUT2D eigenvalue weighted by Crippen LogP contribution is 2.22. The number of pyridine rings is 1. The quantitative estimate of drug-likeness (QED) is 0.697. The number of nitrogens with one attached hydrogen (secondary N) is 1. The van der Waals surface area contributed by atoms with Gasteiger partial charge in [-0.2, -0.15) is 4.39 Å². The van der Waals surface area contributed by atoms with Crippen LogP contribution in [0.25, 0.3) is 11.1 Å². The molecule has 0 aliphatic rings. The minimum atomic E-state index is -0.477. The van der Waals surface area contributed by atoms with Gasteiger partial charge in [-0.15, -0.1) is 0 Å². The second-order valence-corrected chi connectivity index (χ2v) is 4.44. The Labute approximate surface area is 116 Å². The van der Waals surface area contributed by atoms with Crippen LogP contribution in [0.4, 0.5) is 15.8 Å². The molecule has 20 heavy (non-hydrogen) atoms. The molecule has 0 fully saturated rings. The van der Waals surface area contributed by atoms with Crippen molar-refractivity contribution in [2.24, 2.45) is 0 Å². The first-order valence-electron chi connectivity index (χ1n) is 6.35. The maximum Gasteiger partial charge on any atom is 0.212 e. The van der Waals surface area contributed by atoms with Gasteiger partial charge in [0.2, 0.25) is 5.95 Å². The lowest BCUT2D eigenvalue weighted by Gasteiger charge is -2.07. The molecule has 3 aromatic rings. The largest absolute Gasteiger partial charge is 0.354 e. The molecule has 1 N–H and O–H groups in total. The molecule has 3 heteroatoms. The molecule has 0 amide bonds. The Balaban J connectivity index is 1.78. The predicted octanol–water partition coefficient (Wildman–Crippen LogP) is 4.63. The van der Waals surface area contributed by atoms with Crippen molar-refractivity contribution in [3.05, 3.63) is 78.9 Å². The van der Waals surface area contributed by atoms with Gasteiger partial charge in [-0.25, -0.2) is 4.98 Å². The molecule has 2 aromatic carbocycles. The van der Waals surface area contributed by atoms with E-state index in [1.807, 2.05) is 30.3 Å². The lowest BCUT2D eigenvalue weighted by Crippen LogP contribution is -1.92. The summed E-state index contributed by atoms with van der Waals surface area (Å²) in [5.41, 5.74) is 4.05. The maximum absolute atomic E-state index is 12.7. The van der Waals surface area contributed by atoms with Gasteiger partial charge in [-0.1, -0.05) is 42.5 Å². The van der Waals surface area contributed by atoms with Gasteiger partial charge in [0.25, 0.3) is 0 Å². The van der Waals surface area contributed by atoms with Crippen LogP contribution in [0, 0.1) is 5.95 Å². The molecule has 2 nitrogen and oxygen atoms in total. The highest BCUT2D eigenvalue weighted by Gasteiger charge is 1.99. The van der Waals surface area contributed by atoms with E-state index in [9.17, 15) is 4.39 Å². The van der Waals surface area contributed by atoms with Gasteiger partial charge in [0, 0.05) is 5.69 Å². The molecule has 1 aromatic heterocycles. The van der Waals surface area contributed by atoms with E-state index < -0.39 is 5.95 Å². The molecule has 0 saturated heterocycles. The number of halogens is 1. The summed E-state index contributed by atoms with van der Waals surface area (Å²) in [6, 6.07) is 21.3. The monoisotopic (exact) mass is 264 g/mol. The molecule has 0 atom stereocenters. The van der Waals surface area contributed by atoms with Gasteiger partial charge in [-0.3, -0.25) is 0 Å². The van der Waals surface area contributed by atoms with Crippen LogP contribution in [0.2, 0.25) is 0 Å². The molecule has 0 spiro atoms. The summed E-state index contributed by atoms with van der Waals surface area (Å²) in [4.78, 5) is 3.61. The van der Waals surface area contributed by atoms with E-state index >= 15 is 0 Å². The van der Waals surface area contributed by atoms with Crippen molar-refractivity contribution in [3.63, 3.8) is 0 Å². The van der Waals surface area contributed by atoms with Crippen LogP contribution in [-0.4, -0.2) is 4.98 Å². The van der Waals surface area contributed by atoms with E-state index in [4.69, 9.17) is 0 Å². The summed E-state index contributed by atoms with van der Waals surface area (Å²) < 4.78 is 12.7. The molecule has 0 aliphatic carbocycles. The van der Waals surface area contributed by atoms with E-state index in [0.717, 1.165) is 16.9 Å². The standard InChI is InChI=1S/C17H13FN2/c18-17-11-10-16(12-19-17)20-15-8-6-14(7-9-15)13-4-2-1-3-5-13/h1-12,20H. The van der Waals surface area contributed by atoms with E-state index in [1.165, 1.54) is 17.8 Å². The number of anilines is 2. The van der Waals surface area contributed by atoms with Crippen LogP contribution in [0.1, 0.15) is 0 Å². The second-order valence-electron chi connectivity index (χ2n) is 4.44. The molecule has 98 valence electrons. The SMILES string of the molecule is Fc1ccc(Nc2ccc(-c3ccccc3)cc2)cn1. The lowest BCUT2D eigenvalue weighted by molar-refractivity contribution is 0.584. The zero-order chi connectivity index (χ0) is 13.8. The topological polar surface area (TPSA) is 24.9 Å². The molecule has 1 heterocycles. The summed E-state index contributed by atoms with van der Waals surface area (Å²) in [5.74, 6) is -0.477. The smallest absolute Gasteiger partial charge is 0.212 e. The molecule has 0 unspecified atom stereocenters. The zero-order valence-electron chi connectivity index (χ0n) is 10.8. The fraction of sp³-hybridized carbons (Fsp3) is 0. The van der Waals surface area contributed by atoms with Crippen molar-refractivity contribution in [2.45, 2.75) is 0 Å². The second kappa shape index (κ2) is 5.53. The Bertz CT molecular complexity index is 676. The summed E-state index contributed by atoms with van der Waals surface area (Å²) in [7, 11) is 0. The summed E-state index contributed by atoms with van der Waals surface area (Å²) in [5, 5.41) is 3.18. The van der Waals surface area contributed by atoms with E-state index in [2.05, 4.69) is 34.6 Å². The van der Waals surface area contributed by atoms with E-state index in [-0.39, 0.29) is 0 Å². The Kier molecular flexibility index (Phi) is 3.42. The van der Waals surface area contributed by atoms with Crippen molar-refractivity contribution < 1.29 is 4.39 Å². The van der Waals surface area contributed by atoms with Crippen molar-refractivity contribution in [1.82, 2.24) is 4.98 Å². The van der Waals surface area contributed by atoms with Crippen LogP contribution in [0.3, 0.4) is 0 Å². The van der Waals surface area contributed by atoms with Gasteiger partial charge in [0.15, 0.2) is 0 Å². The fourth-order valence-corrected chi connectivity index (χ4v) is 1.99. The van der Waals surface area contributed by atoms with Crippen LogP contribution >= 0.6 is 0 Å². The van der Waals surface area contributed by atoms with E-state index in [1.54, 1.807) is 6.07 Å². The minimum Gasteiger partial charge on any atom is -0.354 e. The van der Waals surface area contributed by atoms with Gasteiger partial charge < -0.3 is 5.32 Å². The Hall–Kier alpha value is -2.68. The molecule has 0 bridgehead atoms. The van der Waals surface area contributed by atoms with Crippen LogP contribution in [0.5, 0.6) is 0 Å². The van der Waals surface area contributed by atoms with Gasteiger partial charge in [0.1, 0.15) is 0 Å².